The summed E-state index contributed by atoms with van der Waals surface area (Å²) in [6, 6.07) is 1.17. The molecule has 1 fully saturated rings. The number of hydrogen-bond acceptors (Lipinski definition) is 8. The molecule has 2 atom stereocenters. The lowest BCUT2D eigenvalue weighted by Gasteiger charge is -2.25. The zero-order valence-corrected chi connectivity index (χ0v) is 14.2. The number of alkyl halides is 1. The predicted octanol–water partition coefficient (Wildman–Crippen LogP) is 0.209. The second kappa shape index (κ2) is 6.75. The van der Waals surface area contributed by atoms with Crippen molar-refractivity contribution in [3.05, 3.63) is 6.07 Å². The highest BCUT2D eigenvalue weighted by molar-refractivity contribution is 7.89. The molecule has 0 aliphatic heterocycles. The maximum Gasteiger partial charge on any atom is 0.323 e. The number of methoxy groups -OCH3 is 2. The van der Waals surface area contributed by atoms with Crippen molar-refractivity contribution in [2.24, 2.45) is 0 Å². The SMILES string of the molecule is COc1cc(OC)nc(OC2CCCC2(F)C(=O)NS(C)(=O)=O)n1. The summed E-state index contributed by atoms with van der Waals surface area (Å²) in [6.07, 6.45) is -0.0679. The van der Waals surface area contributed by atoms with Crippen molar-refractivity contribution in [2.75, 3.05) is 20.5 Å². The van der Waals surface area contributed by atoms with E-state index < -0.39 is 27.7 Å². The van der Waals surface area contributed by atoms with E-state index in [-0.39, 0.29) is 30.6 Å². The van der Waals surface area contributed by atoms with Crippen LogP contribution in [0.15, 0.2) is 6.07 Å². The molecule has 1 aromatic heterocycles. The molecule has 24 heavy (non-hydrogen) atoms. The summed E-state index contributed by atoms with van der Waals surface area (Å²) >= 11 is 0. The van der Waals surface area contributed by atoms with Gasteiger partial charge in [0.15, 0.2) is 0 Å². The molecular formula is C13H18FN3O6S. The average molecular weight is 363 g/mol. The van der Waals surface area contributed by atoms with Crippen molar-refractivity contribution < 1.29 is 31.8 Å². The molecule has 0 bridgehead atoms. The fraction of sp³-hybridized carbons (Fsp3) is 0.615. The van der Waals surface area contributed by atoms with Crippen molar-refractivity contribution in [1.82, 2.24) is 14.7 Å². The van der Waals surface area contributed by atoms with Crippen LogP contribution < -0.4 is 18.9 Å². The van der Waals surface area contributed by atoms with Crippen molar-refractivity contribution in [2.45, 2.75) is 31.0 Å². The number of rotatable bonds is 6. The second-order valence-electron chi connectivity index (χ2n) is 5.30. The van der Waals surface area contributed by atoms with Crippen LogP contribution in [0.4, 0.5) is 4.39 Å². The summed E-state index contributed by atoms with van der Waals surface area (Å²) in [4.78, 5) is 19.8. The average Bonchev–Trinajstić information content (AvgIpc) is 2.87. The van der Waals surface area contributed by atoms with Gasteiger partial charge >= 0.3 is 6.01 Å². The molecule has 1 amide bonds. The molecule has 1 aliphatic rings. The number of carbonyl (C=O) groups excluding carboxylic acids is 1. The zero-order chi connectivity index (χ0) is 18.0. The number of amides is 1. The minimum atomic E-state index is -3.88. The molecule has 134 valence electrons. The molecule has 0 spiro atoms. The number of nitrogens with one attached hydrogen (secondary N) is 1. The van der Waals surface area contributed by atoms with E-state index in [1.807, 2.05) is 0 Å². The number of halogens is 1. The van der Waals surface area contributed by atoms with Gasteiger partial charge in [0.25, 0.3) is 5.91 Å². The van der Waals surface area contributed by atoms with Gasteiger partial charge in [-0.05, 0) is 19.3 Å². The number of hydrogen-bond donors (Lipinski definition) is 1. The normalized spacial score (nSPS) is 23.6. The van der Waals surface area contributed by atoms with Gasteiger partial charge in [-0.1, -0.05) is 0 Å². The molecule has 0 saturated heterocycles. The van der Waals surface area contributed by atoms with E-state index in [4.69, 9.17) is 14.2 Å². The van der Waals surface area contributed by atoms with Crippen LogP contribution in [-0.4, -0.2) is 56.5 Å². The maximum atomic E-state index is 15.0. The van der Waals surface area contributed by atoms with E-state index in [1.54, 1.807) is 4.72 Å². The molecule has 1 N–H and O–H groups in total. The first-order valence-electron chi connectivity index (χ1n) is 7.03. The third-order valence-electron chi connectivity index (χ3n) is 3.50. The minimum Gasteiger partial charge on any atom is -0.481 e. The van der Waals surface area contributed by atoms with E-state index in [2.05, 4.69) is 9.97 Å². The monoisotopic (exact) mass is 363 g/mol. The van der Waals surface area contributed by atoms with Crippen LogP contribution in [0.1, 0.15) is 19.3 Å². The molecule has 0 radical (unpaired) electrons. The lowest BCUT2D eigenvalue weighted by molar-refractivity contribution is -0.135. The summed E-state index contributed by atoms with van der Waals surface area (Å²) < 4.78 is 54.4. The van der Waals surface area contributed by atoms with Crippen LogP contribution in [0, 0.1) is 0 Å². The Morgan fingerprint density at radius 2 is 1.92 bits per heavy atom. The van der Waals surface area contributed by atoms with E-state index in [0.717, 1.165) is 6.26 Å². The Bertz CT molecular complexity index is 706. The molecule has 1 aromatic rings. The van der Waals surface area contributed by atoms with Gasteiger partial charge in [-0.2, -0.15) is 9.97 Å². The quantitative estimate of drug-likeness (QED) is 0.762. The fourth-order valence-electron chi connectivity index (χ4n) is 2.37. The molecule has 9 nitrogen and oxygen atoms in total. The lowest BCUT2D eigenvalue weighted by atomic mass is 10.0. The predicted molar refractivity (Wildman–Crippen MR) is 80.2 cm³/mol. The van der Waals surface area contributed by atoms with E-state index >= 15 is 4.39 Å². The maximum absolute atomic E-state index is 15.0. The van der Waals surface area contributed by atoms with Gasteiger partial charge in [0.1, 0.15) is 6.10 Å². The van der Waals surface area contributed by atoms with E-state index in [9.17, 15) is 13.2 Å². The van der Waals surface area contributed by atoms with Gasteiger partial charge in [0, 0.05) is 0 Å². The van der Waals surface area contributed by atoms with Gasteiger partial charge in [-0.3, -0.25) is 9.52 Å². The highest BCUT2D eigenvalue weighted by Gasteiger charge is 2.52. The minimum absolute atomic E-state index is 0.139. The van der Waals surface area contributed by atoms with Crippen LogP contribution in [-0.2, 0) is 14.8 Å². The Labute approximate surface area is 138 Å². The number of sulfonamides is 1. The number of nitrogens with zero attached hydrogens (tertiary/aromatic N) is 2. The molecular weight excluding hydrogens is 345 g/mol. The highest BCUT2D eigenvalue weighted by atomic mass is 32.2. The van der Waals surface area contributed by atoms with E-state index in [0.29, 0.717) is 6.42 Å². The van der Waals surface area contributed by atoms with Crippen molar-refractivity contribution >= 4 is 15.9 Å². The van der Waals surface area contributed by atoms with Gasteiger partial charge < -0.3 is 14.2 Å². The summed E-state index contributed by atoms with van der Waals surface area (Å²) in [7, 11) is -1.13. The third-order valence-corrected chi connectivity index (χ3v) is 4.05. The Kier molecular flexibility index (Phi) is 5.11. The first-order chi connectivity index (χ1) is 11.2. The van der Waals surface area contributed by atoms with Crippen molar-refractivity contribution in [1.29, 1.82) is 0 Å². The van der Waals surface area contributed by atoms with Crippen LogP contribution in [0.5, 0.6) is 17.8 Å². The van der Waals surface area contributed by atoms with Gasteiger partial charge in [0.05, 0.1) is 26.5 Å². The van der Waals surface area contributed by atoms with Gasteiger partial charge in [-0.15, -0.1) is 0 Å². The number of ether oxygens (including phenoxy) is 3. The topological polar surface area (TPSA) is 117 Å². The lowest BCUT2D eigenvalue weighted by Crippen LogP contribution is -2.52. The van der Waals surface area contributed by atoms with Crippen molar-refractivity contribution in [3.8, 4) is 17.8 Å². The summed E-state index contributed by atoms with van der Waals surface area (Å²) in [5.74, 6) is -0.984. The molecule has 1 saturated carbocycles. The van der Waals surface area contributed by atoms with Gasteiger partial charge in [-0.25, -0.2) is 12.8 Å². The Balaban J connectivity index is 2.23. The van der Waals surface area contributed by atoms with Crippen LogP contribution in [0.25, 0.3) is 0 Å². The molecule has 0 aromatic carbocycles. The van der Waals surface area contributed by atoms with Crippen molar-refractivity contribution in [3.63, 3.8) is 0 Å². The Morgan fingerprint density at radius 3 is 2.42 bits per heavy atom. The second-order valence-corrected chi connectivity index (χ2v) is 7.05. The molecule has 2 rings (SSSR count). The smallest absolute Gasteiger partial charge is 0.323 e. The fourth-order valence-corrected chi connectivity index (χ4v) is 2.88. The molecule has 2 unspecified atom stereocenters. The standard InChI is InChI=1S/C13H18FN3O6S/c1-21-9-7-10(22-2)16-12(15-9)23-8-5-4-6-13(8,14)11(18)17-24(3,19)20/h7-8H,4-6H2,1-3H3,(H,17,18). The Hall–Kier alpha value is -2.17. The summed E-state index contributed by atoms with van der Waals surface area (Å²) in [5.41, 5.74) is -2.50. The van der Waals surface area contributed by atoms with Gasteiger partial charge in [0.2, 0.25) is 27.5 Å². The zero-order valence-electron chi connectivity index (χ0n) is 13.4. The summed E-state index contributed by atoms with van der Waals surface area (Å²) in [6.45, 7) is 0. The van der Waals surface area contributed by atoms with Crippen LogP contribution in [0.3, 0.4) is 0 Å². The number of aromatic nitrogens is 2. The van der Waals surface area contributed by atoms with Crippen LogP contribution in [0.2, 0.25) is 0 Å². The first-order valence-corrected chi connectivity index (χ1v) is 8.92. The Morgan fingerprint density at radius 1 is 1.33 bits per heavy atom. The van der Waals surface area contributed by atoms with E-state index in [1.165, 1.54) is 20.3 Å². The van der Waals surface area contributed by atoms with Crippen LogP contribution >= 0.6 is 0 Å². The third kappa shape index (κ3) is 4.02. The highest BCUT2D eigenvalue weighted by Crippen LogP contribution is 2.37. The summed E-state index contributed by atoms with van der Waals surface area (Å²) in [5, 5.41) is 0. The molecule has 11 heteroatoms. The number of carbonyl (C=O) groups is 1. The largest absolute Gasteiger partial charge is 0.481 e. The molecule has 1 aliphatic carbocycles. The molecule has 1 heterocycles. The first kappa shape index (κ1) is 18.2.